The number of hydrogen-bond donors (Lipinski definition) is 1. The van der Waals surface area contributed by atoms with Crippen molar-refractivity contribution in [3.63, 3.8) is 0 Å². The highest BCUT2D eigenvalue weighted by atomic mass is 16.3. The number of aromatic nitrogens is 1. The van der Waals surface area contributed by atoms with Crippen LogP contribution in [0.4, 0.5) is 0 Å². The highest BCUT2D eigenvalue weighted by molar-refractivity contribution is 5.84. The lowest BCUT2D eigenvalue weighted by molar-refractivity contribution is 0.196. The Balaban J connectivity index is 2.02. The Hall–Kier alpha value is -2.06. The SMILES string of the molecule is CC(O)Cc1cn(Cc2ccccc2)c2ccccc12. The van der Waals surface area contributed by atoms with Crippen molar-refractivity contribution in [3.8, 4) is 0 Å². The molecule has 2 heteroatoms. The van der Waals surface area contributed by atoms with Crippen LogP contribution in [-0.2, 0) is 13.0 Å². The largest absolute Gasteiger partial charge is 0.393 e. The summed E-state index contributed by atoms with van der Waals surface area (Å²) in [5, 5.41) is 10.9. The van der Waals surface area contributed by atoms with Crippen LogP contribution < -0.4 is 0 Å². The van der Waals surface area contributed by atoms with Crippen LogP contribution in [0.2, 0.25) is 0 Å². The zero-order valence-corrected chi connectivity index (χ0v) is 11.7. The highest BCUT2D eigenvalue weighted by Gasteiger charge is 2.10. The molecule has 0 aliphatic heterocycles. The summed E-state index contributed by atoms with van der Waals surface area (Å²) in [7, 11) is 0. The number of hydrogen-bond acceptors (Lipinski definition) is 1. The first-order chi connectivity index (χ1) is 9.74. The van der Waals surface area contributed by atoms with Crippen molar-refractivity contribution in [3.05, 3.63) is 71.9 Å². The summed E-state index contributed by atoms with van der Waals surface area (Å²) in [6.07, 6.45) is 2.55. The summed E-state index contributed by atoms with van der Waals surface area (Å²) in [4.78, 5) is 0. The standard InChI is InChI=1S/C18H19NO/c1-14(20)11-16-13-19(12-15-7-3-2-4-8-15)18-10-6-5-9-17(16)18/h2-10,13-14,20H,11-12H2,1H3. The molecule has 0 bridgehead atoms. The molecule has 2 aromatic carbocycles. The van der Waals surface area contributed by atoms with E-state index in [0.29, 0.717) is 6.42 Å². The van der Waals surface area contributed by atoms with Crippen LogP contribution in [0, 0.1) is 0 Å². The fourth-order valence-corrected chi connectivity index (χ4v) is 2.71. The molecule has 1 aromatic heterocycles. The molecule has 2 nitrogen and oxygen atoms in total. The lowest BCUT2D eigenvalue weighted by Crippen LogP contribution is -2.03. The van der Waals surface area contributed by atoms with Crippen molar-refractivity contribution in [1.82, 2.24) is 4.57 Å². The van der Waals surface area contributed by atoms with Crippen LogP contribution in [-0.4, -0.2) is 15.8 Å². The summed E-state index contributed by atoms with van der Waals surface area (Å²) in [5.74, 6) is 0. The van der Waals surface area contributed by atoms with Gasteiger partial charge in [0.05, 0.1) is 6.10 Å². The van der Waals surface area contributed by atoms with Crippen LogP contribution in [0.5, 0.6) is 0 Å². The first kappa shape index (κ1) is 12.9. The van der Waals surface area contributed by atoms with Gasteiger partial charge in [0.25, 0.3) is 0 Å². The Morgan fingerprint density at radius 3 is 2.45 bits per heavy atom. The first-order valence-corrected chi connectivity index (χ1v) is 7.03. The third-order valence-corrected chi connectivity index (χ3v) is 3.58. The molecule has 0 saturated heterocycles. The van der Waals surface area contributed by atoms with E-state index in [2.05, 4.69) is 59.3 Å². The average molecular weight is 265 g/mol. The van der Waals surface area contributed by atoms with Crippen molar-refractivity contribution in [2.75, 3.05) is 0 Å². The van der Waals surface area contributed by atoms with Gasteiger partial charge >= 0.3 is 0 Å². The van der Waals surface area contributed by atoms with Gasteiger partial charge in [-0.25, -0.2) is 0 Å². The molecule has 1 unspecified atom stereocenters. The number of rotatable bonds is 4. The molecule has 0 saturated carbocycles. The average Bonchev–Trinajstić information content (AvgIpc) is 2.78. The predicted octanol–water partition coefficient (Wildman–Crippen LogP) is 3.61. The van der Waals surface area contributed by atoms with Gasteiger partial charge in [0, 0.05) is 30.1 Å². The maximum atomic E-state index is 9.66. The molecule has 1 atom stereocenters. The normalized spacial score (nSPS) is 12.7. The molecule has 0 spiro atoms. The molecule has 0 aliphatic carbocycles. The van der Waals surface area contributed by atoms with E-state index in [4.69, 9.17) is 0 Å². The smallest absolute Gasteiger partial charge is 0.0553 e. The second kappa shape index (κ2) is 5.51. The molecular formula is C18H19NO. The van der Waals surface area contributed by atoms with E-state index in [1.54, 1.807) is 0 Å². The summed E-state index contributed by atoms with van der Waals surface area (Å²) < 4.78 is 2.27. The third kappa shape index (κ3) is 2.61. The van der Waals surface area contributed by atoms with Gasteiger partial charge in [-0.1, -0.05) is 48.5 Å². The Morgan fingerprint density at radius 2 is 1.70 bits per heavy atom. The fourth-order valence-electron chi connectivity index (χ4n) is 2.71. The number of aliphatic hydroxyl groups is 1. The molecule has 3 aromatic rings. The quantitative estimate of drug-likeness (QED) is 0.766. The minimum Gasteiger partial charge on any atom is -0.393 e. The lowest BCUT2D eigenvalue weighted by Gasteiger charge is -2.05. The fraction of sp³-hybridized carbons (Fsp3) is 0.222. The van der Waals surface area contributed by atoms with Crippen molar-refractivity contribution in [2.45, 2.75) is 26.0 Å². The number of nitrogens with zero attached hydrogens (tertiary/aromatic N) is 1. The zero-order valence-electron chi connectivity index (χ0n) is 11.7. The minimum absolute atomic E-state index is 0.314. The Bertz CT molecular complexity index is 698. The summed E-state index contributed by atoms with van der Waals surface area (Å²) in [6, 6.07) is 18.9. The second-order valence-electron chi connectivity index (χ2n) is 5.34. The number of para-hydroxylation sites is 1. The number of benzene rings is 2. The molecule has 0 fully saturated rings. The molecule has 102 valence electrons. The van der Waals surface area contributed by atoms with Gasteiger partial charge in [-0.3, -0.25) is 0 Å². The molecule has 1 heterocycles. The first-order valence-electron chi connectivity index (χ1n) is 7.03. The summed E-state index contributed by atoms with van der Waals surface area (Å²) in [5.41, 5.74) is 3.73. The van der Waals surface area contributed by atoms with Crippen molar-refractivity contribution in [2.24, 2.45) is 0 Å². The number of fused-ring (bicyclic) bond motifs is 1. The van der Waals surface area contributed by atoms with Crippen LogP contribution >= 0.6 is 0 Å². The monoisotopic (exact) mass is 265 g/mol. The molecule has 0 radical (unpaired) electrons. The van der Waals surface area contributed by atoms with E-state index in [1.165, 1.54) is 22.0 Å². The van der Waals surface area contributed by atoms with Crippen LogP contribution in [0.15, 0.2) is 60.8 Å². The van der Waals surface area contributed by atoms with E-state index < -0.39 is 0 Å². The van der Waals surface area contributed by atoms with Crippen LogP contribution in [0.3, 0.4) is 0 Å². The Morgan fingerprint density at radius 1 is 1.00 bits per heavy atom. The zero-order chi connectivity index (χ0) is 13.9. The van der Waals surface area contributed by atoms with Gasteiger partial charge in [0.2, 0.25) is 0 Å². The molecule has 0 amide bonds. The summed E-state index contributed by atoms with van der Waals surface area (Å²) in [6.45, 7) is 2.70. The molecule has 20 heavy (non-hydrogen) atoms. The highest BCUT2D eigenvalue weighted by Crippen LogP contribution is 2.23. The maximum absolute atomic E-state index is 9.66. The van der Waals surface area contributed by atoms with Crippen LogP contribution in [0.1, 0.15) is 18.1 Å². The van der Waals surface area contributed by atoms with E-state index in [0.717, 1.165) is 6.54 Å². The van der Waals surface area contributed by atoms with E-state index >= 15 is 0 Å². The van der Waals surface area contributed by atoms with Gasteiger partial charge < -0.3 is 9.67 Å². The molecule has 3 rings (SSSR count). The third-order valence-electron chi connectivity index (χ3n) is 3.58. The Kier molecular flexibility index (Phi) is 3.57. The van der Waals surface area contributed by atoms with E-state index in [9.17, 15) is 5.11 Å². The second-order valence-corrected chi connectivity index (χ2v) is 5.34. The van der Waals surface area contributed by atoms with Gasteiger partial charge in [0.1, 0.15) is 0 Å². The maximum Gasteiger partial charge on any atom is 0.0553 e. The molecular weight excluding hydrogens is 246 g/mol. The van der Waals surface area contributed by atoms with Crippen molar-refractivity contribution >= 4 is 10.9 Å². The van der Waals surface area contributed by atoms with Crippen molar-refractivity contribution in [1.29, 1.82) is 0 Å². The van der Waals surface area contributed by atoms with Crippen molar-refractivity contribution < 1.29 is 5.11 Å². The Labute approximate surface area is 119 Å². The van der Waals surface area contributed by atoms with E-state index in [1.807, 2.05) is 13.0 Å². The van der Waals surface area contributed by atoms with E-state index in [-0.39, 0.29) is 6.10 Å². The van der Waals surface area contributed by atoms with Crippen LogP contribution in [0.25, 0.3) is 10.9 Å². The predicted molar refractivity (Wildman–Crippen MR) is 82.9 cm³/mol. The minimum atomic E-state index is -0.314. The molecule has 1 N–H and O–H groups in total. The summed E-state index contributed by atoms with van der Waals surface area (Å²) >= 11 is 0. The van der Waals surface area contributed by atoms with Gasteiger partial charge in [-0.2, -0.15) is 0 Å². The molecule has 0 aliphatic rings. The van der Waals surface area contributed by atoms with Gasteiger partial charge in [-0.15, -0.1) is 0 Å². The topological polar surface area (TPSA) is 25.2 Å². The van der Waals surface area contributed by atoms with Gasteiger partial charge in [0.15, 0.2) is 0 Å². The number of aliphatic hydroxyl groups excluding tert-OH is 1. The lowest BCUT2D eigenvalue weighted by atomic mass is 10.1. The van der Waals surface area contributed by atoms with Gasteiger partial charge in [-0.05, 0) is 24.1 Å².